The first-order valence-electron chi connectivity index (χ1n) is 6.57. The quantitative estimate of drug-likeness (QED) is 0.767. The van der Waals surface area contributed by atoms with E-state index < -0.39 is 0 Å². The van der Waals surface area contributed by atoms with E-state index in [2.05, 4.69) is 0 Å². The molecule has 0 fully saturated rings. The molecular formula is C16H20ClNO3. The monoisotopic (exact) mass is 309 g/mol. The van der Waals surface area contributed by atoms with Crippen LogP contribution < -0.4 is 10.5 Å². The van der Waals surface area contributed by atoms with Crippen LogP contribution in [0, 0.1) is 0 Å². The zero-order chi connectivity index (χ0) is 14.4. The molecule has 0 saturated heterocycles. The fourth-order valence-electron chi connectivity index (χ4n) is 1.96. The predicted octanol–water partition coefficient (Wildman–Crippen LogP) is 2.78. The van der Waals surface area contributed by atoms with E-state index in [0.717, 1.165) is 5.56 Å². The molecule has 4 nitrogen and oxygen atoms in total. The Hall–Kier alpha value is -1.75. The van der Waals surface area contributed by atoms with Gasteiger partial charge in [-0.2, -0.15) is 0 Å². The molecule has 0 aromatic heterocycles. The number of phenols is 1. The summed E-state index contributed by atoms with van der Waals surface area (Å²) < 4.78 is 5.62. The fraction of sp³-hybridized carbons (Fsp3) is 0.250. The molecule has 0 unspecified atom stereocenters. The third-order valence-corrected chi connectivity index (χ3v) is 3.09. The third-order valence-electron chi connectivity index (χ3n) is 3.09. The molecular weight excluding hydrogens is 290 g/mol. The second kappa shape index (κ2) is 8.52. The van der Waals surface area contributed by atoms with E-state index in [0.29, 0.717) is 24.3 Å². The number of aliphatic hydroxyl groups excluding tert-OH is 1. The van der Waals surface area contributed by atoms with E-state index in [1.807, 2.05) is 30.3 Å². The summed E-state index contributed by atoms with van der Waals surface area (Å²) in [6.45, 7) is 0.440. The van der Waals surface area contributed by atoms with Gasteiger partial charge < -0.3 is 20.7 Å². The van der Waals surface area contributed by atoms with Crippen LogP contribution >= 0.6 is 12.4 Å². The van der Waals surface area contributed by atoms with Crippen molar-refractivity contribution in [2.45, 2.75) is 19.1 Å². The third kappa shape index (κ3) is 4.93. The van der Waals surface area contributed by atoms with Crippen LogP contribution in [0.5, 0.6) is 11.5 Å². The number of nitrogens with two attached hydrogens (primary N) is 1. The van der Waals surface area contributed by atoms with Crippen molar-refractivity contribution in [3.05, 3.63) is 59.7 Å². The number of aromatic hydroxyl groups is 1. The summed E-state index contributed by atoms with van der Waals surface area (Å²) in [7, 11) is 0. The Labute approximate surface area is 130 Å². The average molecular weight is 310 g/mol. The maximum absolute atomic E-state index is 9.94. The Morgan fingerprint density at radius 3 is 2.43 bits per heavy atom. The number of hydrogen-bond acceptors (Lipinski definition) is 4. The highest BCUT2D eigenvalue weighted by molar-refractivity contribution is 5.85. The van der Waals surface area contributed by atoms with Crippen molar-refractivity contribution < 1.29 is 14.9 Å². The van der Waals surface area contributed by atoms with Crippen LogP contribution in [0.25, 0.3) is 0 Å². The first-order valence-corrected chi connectivity index (χ1v) is 6.57. The Balaban J connectivity index is 0.00000220. The maximum Gasteiger partial charge on any atom is 0.124 e. The van der Waals surface area contributed by atoms with Crippen LogP contribution in [0.4, 0.5) is 0 Å². The summed E-state index contributed by atoms with van der Waals surface area (Å²) in [6.07, 6.45) is 0.414. The van der Waals surface area contributed by atoms with Crippen LogP contribution in [-0.2, 0) is 6.61 Å². The van der Waals surface area contributed by atoms with E-state index in [9.17, 15) is 5.11 Å². The first-order chi connectivity index (χ1) is 9.70. The van der Waals surface area contributed by atoms with E-state index >= 15 is 0 Å². The van der Waals surface area contributed by atoms with Crippen molar-refractivity contribution in [3.8, 4) is 11.5 Å². The van der Waals surface area contributed by atoms with Gasteiger partial charge in [0.1, 0.15) is 18.1 Å². The molecule has 0 aliphatic carbocycles. The van der Waals surface area contributed by atoms with Gasteiger partial charge in [-0.05, 0) is 18.1 Å². The molecule has 21 heavy (non-hydrogen) atoms. The number of ether oxygens (including phenoxy) is 1. The van der Waals surface area contributed by atoms with Crippen LogP contribution in [0.15, 0.2) is 48.5 Å². The van der Waals surface area contributed by atoms with Gasteiger partial charge in [-0.25, -0.2) is 0 Å². The van der Waals surface area contributed by atoms with E-state index in [-0.39, 0.29) is 30.8 Å². The van der Waals surface area contributed by atoms with Gasteiger partial charge in [-0.3, -0.25) is 0 Å². The number of hydrogen-bond donors (Lipinski definition) is 3. The summed E-state index contributed by atoms with van der Waals surface area (Å²) in [4.78, 5) is 0. The molecule has 1 atom stereocenters. The lowest BCUT2D eigenvalue weighted by Crippen LogP contribution is -2.12. The smallest absolute Gasteiger partial charge is 0.124 e. The molecule has 0 aliphatic rings. The van der Waals surface area contributed by atoms with Crippen molar-refractivity contribution >= 4 is 12.4 Å². The fourth-order valence-corrected chi connectivity index (χ4v) is 1.96. The minimum absolute atomic E-state index is 0. The molecule has 0 radical (unpaired) electrons. The molecule has 0 amide bonds. The summed E-state index contributed by atoms with van der Waals surface area (Å²) in [5.74, 6) is 0.683. The Morgan fingerprint density at radius 1 is 1.10 bits per heavy atom. The van der Waals surface area contributed by atoms with Crippen LogP contribution in [0.3, 0.4) is 0 Å². The minimum atomic E-state index is -0.372. The molecule has 0 bridgehead atoms. The zero-order valence-electron chi connectivity index (χ0n) is 11.6. The lowest BCUT2D eigenvalue weighted by Gasteiger charge is -2.14. The van der Waals surface area contributed by atoms with Gasteiger partial charge in [-0.1, -0.05) is 36.4 Å². The van der Waals surface area contributed by atoms with E-state index in [1.165, 1.54) is 0 Å². The second-order valence-corrected chi connectivity index (χ2v) is 4.61. The molecule has 0 heterocycles. The van der Waals surface area contributed by atoms with E-state index in [1.54, 1.807) is 18.2 Å². The molecule has 5 heteroatoms. The van der Waals surface area contributed by atoms with Crippen molar-refractivity contribution in [2.75, 3.05) is 6.61 Å². The van der Waals surface area contributed by atoms with Crippen molar-refractivity contribution in [3.63, 3.8) is 0 Å². The molecule has 2 rings (SSSR count). The standard InChI is InChI=1S/C16H19NO3.ClH/c17-15(8-9-18)14-7-6-13(10-16(14)19)20-11-12-4-2-1-3-5-12;/h1-7,10,15,18-19H,8-9,11,17H2;1H/t15-;/m1./s1. The number of halogens is 1. The second-order valence-electron chi connectivity index (χ2n) is 4.61. The van der Waals surface area contributed by atoms with Gasteiger partial charge >= 0.3 is 0 Å². The topological polar surface area (TPSA) is 75.7 Å². The van der Waals surface area contributed by atoms with Gasteiger partial charge in [-0.15, -0.1) is 12.4 Å². The molecule has 4 N–H and O–H groups in total. The number of phenolic OH excluding ortho intramolecular Hbond substituents is 1. The molecule has 0 saturated carbocycles. The molecule has 2 aromatic rings. The molecule has 114 valence electrons. The minimum Gasteiger partial charge on any atom is -0.507 e. The lowest BCUT2D eigenvalue weighted by atomic mass is 10.0. The maximum atomic E-state index is 9.94. The molecule has 0 aliphatic heterocycles. The van der Waals surface area contributed by atoms with Crippen molar-refractivity contribution in [2.24, 2.45) is 5.73 Å². The summed E-state index contributed by atoms with van der Waals surface area (Å²) >= 11 is 0. The lowest BCUT2D eigenvalue weighted by molar-refractivity contribution is 0.275. The Morgan fingerprint density at radius 2 is 1.81 bits per heavy atom. The SMILES string of the molecule is Cl.N[C@H](CCO)c1ccc(OCc2ccccc2)cc1O. The highest BCUT2D eigenvalue weighted by Crippen LogP contribution is 2.29. The summed E-state index contributed by atoms with van der Waals surface area (Å²) in [6, 6.07) is 14.5. The average Bonchev–Trinajstić information content (AvgIpc) is 2.46. The van der Waals surface area contributed by atoms with Gasteiger partial charge in [0.25, 0.3) is 0 Å². The predicted molar refractivity (Wildman–Crippen MR) is 84.8 cm³/mol. The highest BCUT2D eigenvalue weighted by Gasteiger charge is 2.11. The van der Waals surface area contributed by atoms with Crippen LogP contribution in [-0.4, -0.2) is 16.8 Å². The van der Waals surface area contributed by atoms with Gasteiger partial charge in [0.05, 0.1) is 0 Å². The summed E-state index contributed by atoms with van der Waals surface area (Å²) in [5.41, 5.74) is 7.54. The number of benzene rings is 2. The Bertz CT molecular complexity index is 548. The largest absolute Gasteiger partial charge is 0.507 e. The van der Waals surface area contributed by atoms with Crippen LogP contribution in [0.2, 0.25) is 0 Å². The Kier molecular flexibility index (Phi) is 7.02. The summed E-state index contributed by atoms with van der Waals surface area (Å²) in [5, 5.41) is 18.8. The normalized spacial score (nSPS) is 11.5. The highest BCUT2D eigenvalue weighted by atomic mass is 35.5. The number of aliphatic hydroxyl groups is 1. The van der Waals surface area contributed by atoms with Crippen molar-refractivity contribution in [1.82, 2.24) is 0 Å². The van der Waals surface area contributed by atoms with Gasteiger partial charge in [0.2, 0.25) is 0 Å². The van der Waals surface area contributed by atoms with Gasteiger partial charge in [0.15, 0.2) is 0 Å². The molecule has 2 aromatic carbocycles. The van der Waals surface area contributed by atoms with E-state index in [4.69, 9.17) is 15.6 Å². The van der Waals surface area contributed by atoms with Crippen LogP contribution in [0.1, 0.15) is 23.6 Å². The first kappa shape index (κ1) is 17.3. The van der Waals surface area contributed by atoms with Crippen molar-refractivity contribution in [1.29, 1.82) is 0 Å². The van der Waals surface area contributed by atoms with Gasteiger partial charge in [0, 0.05) is 24.3 Å². The number of rotatable bonds is 6. The zero-order valence-corrected chi connectivity index (χ0v) is 12.4. The molecule has 0 spiro atoms.